The Hall–Kier alpha value is -3.61. The molecule has 0 radical (unpaired) electrons. The maximum absolute atomic E-state index is 12.4. The Morgan fingerprint density at radius 1 is 1.06 bits per heavy atom. The van der Waals surface area contributed by atoms with Crippen LogP contribution in [0.5, 0.6) is 5.75 Å². The van der Waals surface area contributed by atoms with Gasteiger partial charge in [-0.3, -0.25) is 4.79 Å². The number of carbonyl (C=O) groups excluding carboxylic acids is 1. The number of hydrogen-bond donors (Lipinski definition) is 1. The zero-order valence-corrected chi connectivity index (χ0v) is 17.7. The van der Waals surface area contributed by atoms with Gasteiger partial charge in [-0.1, -0.05) is 29.8 Å². The van der Waals surface area contributed by atoms with E-state index in [9.17, 15) is 4.79 Å². The summed E-state index contributed by atoms with van der Waals surface area (Å²) in [6.07, 6.45) is 3.42. The van der Waals surface area contributed by atoms with Gasteiger partial charge in [0.15, 0.2) is 5.76 Å². The number of nitrogens with zero attached hydrogens (tertiary/aromatic N) is 2. The van der Waals surface area contributed by atoms with E-state index in [1.54, 1.807) is 7.11 Å². The van der Waals surface area contributed by atoms with Gasteiger partial charge in [-0.15, -0.1) is 0 Å². The lowest BCUT2D eigenvalue weighted by molar-refractivity contribution is 0.0926. The summed E-state index contributed by atoms with van der Waals surface area (Å²) in [6.45, 7) is 2.50. The van der Waals surface area contributed by atoms with E-state index in [0.717, 1.165) is 47.1 Å². The van der Waals surface area contributed by atoms with Gasteiger partial charge in [-0.25, -0.2) is 0 Å². The average molecular weight is 419 g/mol. The number of unbranched alkanes of at least 4 members (excludes halogenated alkanes) is 2. The van der Waals surface area contributed by atoms with E-state index >= 15 is 0 Å². The van der Waals surface area contributed by atoms with E-state index < -0.39 is 0 Å². The minimum Gasteiger partial charge on any atom is -0.497 e. The number of fused-ring (bicyclic) bond motifs is 1. The topological polar surface area (TPSA) is 90.4 Å². The van der Waals surface area contributed by atoms with E-state index in [-0.39, 0.29) is 5.91 Å². The van der Waals surface area contributed by atoms with Gasteiger partial charge in [-0.2, -0.15) is 4.98 Å². The van der Waals surface area contributed by atoms with Crippen LogP contribution >= 0.6 is 0 Å². The van der Waals surface area contributed by atoms with Crippen molar-refractivity contribution in [2.24, 2.45) is 0 Å². The third kappa shape index (κ3) is 4.77. The molecule has 0 spiro atoms. The lowest BCUT2D eigenvalue weighted by Gasteiger charge is -2.03. The third-order valence-electron chi connectivity index (χ3n) is 5.22. The minimum atomic E-state index is -0.172. The fourth-order valence-electron chi connectivity index (χ4n) is 3.46. The van der Waals surface area contributed by atoms with E-state index in [4.69, 9.17) is 13.7 Å². The van der Waals surface area contributed by atoms with Crippen LogP contribution in [-0.4, -0.2) is 29.7 Å². The molecule has 2 aromatic heterocycles. The molecule has 0 unspecified atom stereocenters. The molecule has 1 amide bonds. The van der Waals surface area contributed by atoms with Crippen molar-refractivity contribution in [3.05, 3.63) is 65.7 Å². The highest BCUT2D eigenvalue weighted by Crippen LogP contribution is 2.24. The molecular formula is C24H25N3O4. The number of carbonyl (C=O) groups is 1. The molecule has 0 aliphatic rings. The second-order valence-corrected chi connectivity index (χ2v) is 7.36. The van der Waals surface area contributed by atoms with Crippen LogP contribution in [0.1, 0.15) is 41.3 Å². The van der Waals surface area contributed by atoms with Crippen molar-refractivity contribution in [2.45, 2.75) is 32.6 Å². The number of amides is 1. The Kier molecular flexibility index (Phi) is 6.31. The number of furan rings is 1. The highest BCUT2D eigenvalue weighted by Gasteiger charge is 2.16. The SMILES string of the molecule is COc1ccc(-c2noc(CCCCCNC(=O)c3oc4ccccc4c3C)n2)cc1. The van der Waals surface area contributed by atoms with Crippen LogP contribution in [0.15, 0.2) is 57.5 Å². The molecule has 1 N–H and O–H groups in total. The molecule has 0 saturated heterocycles. The molecule has 0 aliphatic carbocycles. The van der Waals surface area contributed by atoms with Crippen molar-refractivity contribution in [3.63, 3.8) is 0 Å². The van der Waals surface area contributed by atoms with Crippen molar-refractivity contribution in [2.75, 3.05) is 13.7 Å². The van der Waals surface area contributed by atoms with E-state index in [2.05, 4.69) is 15.5 Å². The average Bonchev–Trinajstić information content (AvgIpc) is 3.41. The Bertz CT molecular complexity index is 1160. The van der Waals surface area contributed by atoms with Crippen LogP contribution in [-0.2, 0) is 6.42 Å². The Morgan fingerprint density at radius 2 is 1.87 bits per heavy atom. The predicted molar refractivity (Wildman–Crippen MR) is 117 cm³/mol. The lowest BCUT2D eigenvalue weighted by Crippen LogP contribution is -2.24. The molecule has 0 fully saturated rings. The zero-order valence-electron chi connectivity index (χ0n) is 17.7. The maximum Gasteiger partial charge on any atom is 0.287 e. The molecule has 4 rings (SSSR count). The number of benzene rings is 2. The molecule has 7 heteroatoms. The molecule has 0 bridgehead atoms. The van der Waals surface area contributed by atoms with Gasteiger partial charge in [-0.05, 0) is 50.1 Å². The van der Waals surface area contributed by atoms with E-state index in [1.807, 2.05) is 55.5 Å². The molecule has 4 aromatic rings. The number of ether oxygens (including phenoxy) is 1. The summed E-state index contributed by atoms with van der Waals surface area (Å²) in [4.78, 5) is 16.9. The largest absolute Gasteiger partial charge is 0.497 e. The van der Waals surface area contributed by atoms with Crippen molar-refractivity contribution in [3.8, 4) is 17.1 Å². The monoisotopic (exact) mass is 419 g/mol. The fraction of sp³-hybridized carbons (Fsp3) is 0.292. The van der Waals surface area contributed by atoms with Crippen LogP contribution in [0.3, 0.4) is 0 Å². The van der Waals surface area contributed by atoms with Gasteiger partial charge < -0.3 is 19.0 Å². The van der Waals surface area contributed by atoms with E-state index in [0.29, 0.717) is 30.4 Å². The summed E-state index contributed by atoms with van der Waals surface area (Å²) < 4.78 is 16.2. The second-order valence-electron chi connectivity index (χ2n) is 7.36. The summed E-state index contributed by atoms with van der Waals surface area (Å²) in [5, 5.41) is 7.96. The zero-order chi connectivity index (χ0) is 21.6. The number of aryl methyl sites for hydroxylation is 2. The number of aromatic nitrogens is 2. The molecule has 0 saturated carbocycles. The van der Waals surface area contributed by atoms with Gasteiger partial charge in [0.1, 0.15) is 11.3 Å². The maximum atomic E-state index is 12.4. The smallest absolute Gasteiger partial charge is 0.287 e. The van der Waals surface area contributed by atoms with Crippen molar-refractivity contribution >= 4 is 16.9 Å². The quantitative estimate of drug-likeness (QED) is 0.386. The number of methoxy groups -OCH3 is 1. The first-order valence-electron chi connectivity index (χ1n) is 10.4. The van der Waals surface area contributed by atoms with Gasteiger partial charge in [0.2, 0.25) is 11.7 Å². The molecule has 31 heavy (non-hydrogen) atoms. The van der Waals surface area contributed by atoms with Crippen molar-refractivity contribution < 1.29 is 18.5 Å². The first kappa shape index (κ1) is 20.7. The lowest BCUT2D eigenvalue weighted by atomic mass is 10.1. The fourth-order valence-corrected chi connectivity index (χ4v) is 3.46. The van der Waals surface area contributed by atoms with Gasteiger partial charge >= 0.3 is 0 Å². The van der Waals surface area contributed by atoms with Gasteiger partial charge in [0, 0.05) is 29.5 Å². The second kappa shape index (κ2) is 9.47. The Labute approximate surface area is 180 Å². The summed E-state index contributed by atoms with van der Waals surface area (Å²) in [6, 6.07) is 15.2. The van der Waals surface area contributed by atoms with Crippen LogP contribution in [0.4, 0.5) is 0 Å². The van der Waals surface area contributed by atoms with Gasteiger partial charge in [0.25, 0.3) is 5.91 Å². The van der Waals surface area contributed by atoms with Crippen LogP contribution < -0.4 is 10.1 Å². The number of rotatable bonds is 9. The minimum absolute atomic E-state index is 0.172. The third-order valence-corrected chi connectivity index (χ3v) is 5.22. The molecule has 2 aromatic carbocycles. The van der Waals surface area contributed by atoms with Gasteiger partial charge in [0.05, 0.1) is 7.11 Å². The summed E-state index contributed by atoms with van der Waals surface area (Å²) in [5.74, 6) is 2.20. The number of hydrogen-bond acceptors (Lipinski definition) is 6. The molecule has 7 nitrogen and oxygen atoms in total. The summed E-state index contributed by atoms with van der Waals surface area (Å²) >= 11 is 0. The van der Waals surface area contributed by atoms with Crippen molar-refractivity contribution in [1.29, 1.82) is 0 Å². The molecule has 160 valence electrons. The highest BCUT2D eigenvalue weighted by atomic mass is 16.5. The van der Waals surface area contributed by atoms with Crippen LogP contribution in [0.25, 0.3) is 22.4 Å². The normalized spacial score (nSPS) is 11.0. The molecule has 0 atom stereocenters. The molecular weight excluding hydrogens is 394 g/mol. The Balaban J connectivity index is 1.19. The predicted octanol–water partition coefficient (Wildman–Crippen LogP) is 4.94. The summed E-state index contributed by atoms with van der Waals surface area (Å²) in [7, 11) is 1.63. The Morgan fingerprint density at radius 3 is 2.65 bits per heavy atom. The van der Waals surface area contributed by atoms with Crippen LogP contribution in [0.2, 0.25) is 0 Å². The first-order valence-corrected chi connectivity index (χ1v) is 10.4. The standard InChI is InChI=1S/C24H25N3O4/c1-16-19-8-5-6-9-20(19)30-22(16)24(28)25-15-7-3-4-10-21-26-23(27-31-21)17-11-13-18(29-2)14-12-17/h5-6,8-9,11-14H,3-4,7,10,15H2,1-2H3,(H,25,28). The van der Waals surface area contributed by atoms with Crippen molar-refractivity contribution in [1.82, 2.24) is 15.5 Å². The first-order chi connectivity index (χ1) is 15.2. The summed E-state index contributed by atoms with van der Waals surface area (Å²) in [5.41, 5.74) is 2.50. The van der Waals surface area contributed by atoms with Crippen LogP contribution in [0, 0.1) is 6.92 Å². The van der Waals surface area contributed by atoms with E-state index in [1.165, 1.54) is 0 Å². The highest BCUT2D eigenvalue weighted by molar-refractivity contribution is 5.98. The number of para-hydroxylation sites is 1. The molecule has 2 heterocycles. The molecule has 0 aliphatic heterocycles. The number of nitrogens with one attached hydrogen (secondary N) is 1.